The molecule has 0 radical (unpaired) electrons. The Morgan fingerprint density at radius 3 is 2.38 bits per heavy atom. The van der Waals surface area contributed by atoms with Gasteiger partial charge in [-0.25, -0.2) is 9.83 Å². The number of imidazole rings is 1. The van der Waals surface area contributed by atoms with Gasteiger partial charge < -0.3 is 9.30 Å². The van der Waals surface area contributed by atoms with Crippen molar-refractivity contribution in [1.29, 1.82) is 0 Å². The van der Waals surface area contributed by atoms with Crippen LogP contribution in [0.2, 0.25) is 5.28 Å². The summed E-state index contributed by atoms with van der Waals surface area (Å²) in [7, 11) is 1.62. The predicted octanol–water partition coefficient (Wildman–Crippen LogP) is 3.90. The van der Waals surface area contributed by atoms with Crippen LogP contribution in [0.4, 0.5) is 5.69 Å². The quantitative estimate of drug-likeness (QED) is 0.373. The summed E-state index contributed by atoms with van der Waals surface area (Å²) in [6.45, 7) is 7.76. The van der Waals surface area contributed by atoms with Crippen LogP contribution in [0.3, 0.4) is 0 Å². The molecule has 0 aliphatic carbocycles. The first-order chi connectivity index (χ1) is 14.1. The Morgan fingerprint density at radius 2 is 1.72 bits per heavy atom. The lowest BCUT2D eigenvalue weighted by Gasteiger charge is -2.10. The monoisotopic (exact) mass is 405 g/mol. The number of ether oxygens (including phenoxy) is 1. The number of fused-ring (bicyclic) bond motifs is 1. The summed E-state index contributed by atoms with van der Waals surface area (Å²) < 4.78 is 8.35. The number of hydrogen-bond acceptors (Lipinski definition) is 4. The van der Waals surface area contributed by atoms with Crippen molar-refractivity contribution >= 4 is 28.5 Å². The van der Waals surface area contributed by atoms with E-state index in [0.29, 0.717) is 23.4 Å². The molecule has 0 amide bonds. The van der Waals surface area contributed by atoms with Gasteiger partial charge in [0, 0.05) is 6.54 Å². The third-order valence-corrected chi connectivity index (χ3v) is 4.89. The molecule has 0 aliphatic heterocycles. The van der Waals surface area contributed by atoms with Gasteiger partial charge in [-0.15, -0.1) is 0 Å². The van der Waals surface area contributed by atoms with E-state index in [9.17, 15) is 4.79 Å². The molecule has 2 aromatic carbocycles. The molecule has 144 valence electrons. The highest BCUT2D eigenvalue weighted by Gasteiger charge is 2.15. The molecule has 0 fully saturated rings. The highest BCUT2D eigenvalue weighted by Crippen LogP contribution is 2.17. The third kappa shape index (κ3) is 3.71. The second-order valence-corrected chi connectivity index (χ2v) is 6.78. The van der Waals surface area contributed by atoms with Crippen molar-refractivity contribution in [3.63, 3.8) is 0 Å². The second-order valence-electron chi connectivity index (χ2n) is 6.44. The molecule has 0 unspecified atom stereocenters. The van der Waals surface area contributed by atoms with Crippen LogP contribution in [0, 0.1) is 6.57 Å². The van der Waals surface area contributed by atoms with E-state index in [1.807, 2.05) is 24.3 Å². The Balaban J connectivity index is 1.71. The molecule has 4 rings (SSSR count). The summed E-state index contributed by atoms with van der Waals surface area (Å²) in [4.78, 5) is 25.1. The van der Waals surface area contributed by atoms with E-state index in [4.69, 9.17) is 22.9 Å². The standard InChI is InChI=1S/C21H16ClN5O2/c1-23-16-7-3-15(4-8-16)12-27-20(28)18-19(25-21(27)22)24-13-26(18)11-14-5-9-17(29-2)10-6-14/h3-10,13H,11-12H2,2H3. The summed E-state index contributed by atoms with van der Waals surface area (Å²) in [6.07, 6.45) is 1.59. The van der Waals surface area contributed by atoms with Gasteiger partial charge in [-0.05, 0) is 34.9 Å². The topological polar surface area (TPSA) is 66.3 Å². The molecule has 29 heavy (non-hydrogen) atoms. The fourth-order valence-electron chi connectivity index (χ4n) is 3.07. The maximum Gasteiger partial charge on any atom is 0.281 e. The Labute approximate surface area is 171 Å². The van der Waals surface area contributed by atoms with Gasteiger partial charge in [0.15, 0.2) is 16.9 Å². The van der Waals surface area contributed by atoms with Gasteiger partial charge in [0.2, 0.25) is 5.28 Å². The largest absolute Gasteiger partial charge is 0.497 e. The smallest absolute Gasteiger partial charge is 0.281 e. The molecular weight excluding hydrogens is 390 g/mol. The van der Waals surface area contributed by atoms with Gasteiger partial charge in [0.25, 0.3) is 5.56 Å². The van der Waals surface area contributed by atoms with Crippen molar-refractivity contribution in [1.82, 2.24) is 19.1 Å². The highest BCUT2D eigenvalue weighted by molar-refractivity contribution is 6.28. The molecule has 2 aromatic heterocycles. The summed E-state index contributed by atoms with van der Waals surface area (Å²) in [5.74, 6) is 0.768. The van der Waals surface area contributed by atoms with E-state index < -0.39 is 0 Å². The molecule has 0 atom stereocenters. The van der Waals surface area contributed by atoms with Crippen LogP contribution < -0.4 is 10.3 Å². The lowest BCUT2D eigenvalue weighted by Crippen LogP contribution is -2.24. The summed E-state index contributed by atoms with van der Waals surface area (Å²) >= 11 is 6.26. The van der Waals surface area contributed by atoms with Crippen molar-refractivity contribution in [3.8, 4) is 5.75 Å². The van der Waals surface area contributed by atoms with Crippen LogP contribution in [0.5, 0.6) is 5.75 Å². The van der Waals surface area contributed by atoms with Crippen LogP contribution >= 0.6 is 11.6 Å². The van der Waals surface area contributed by atoms with Crippen molar-refractivity contribution < 1.29 is 4.74 Å². The van der Waals surface area contributed by atoms with Crippen LogP contribution in [-0.4, -0.2) is 26.2 Å². The lowest BCUT2D eigenvalue weighted by molar-refractivity contribution is 0.414. The van der Waals surface area contributed by atoms with Gasteiger partial charge in [-0.1, -0.05) is 36.4 Å². The average molecular weight is 406 g/mol. The maximum absolute atomic E-state index is 13.2. The Morgan fingerprint density at radius 1 is 1.07 bits per heavy atom. The van der Waals surface area contributed by atoms with Crippen LogP contribution in [0.1, 0.15) is 11.1 Å². The van der Waals surface area contributed by atoms with E-state index >= 15 is 0 Å². The molecule has 8 heteroatoms. The molecule has 0 bridgehead atoms. The first-order valence-corrected chi connectivity index (χ1v) is 9.17. The zero-order chi connectivity index (χ0) is 20.4. The van der Waals surface area contributed by atoms with E-state index in [-0.39, 0.29) is 17.4 Å². The molecule has 0 N–H and O–H groups in total. The minimum Gasteiger partial charge on any atom is -0.497 e. The number of rotatable bonds is 5. The van der Waals surface area contributed by atoms with E-state index in [1.54, 1.807) is 42.3 Å². The number of halogens is 1. The first kappa shape index (κ1) is 18.7. The molecule has 2 heterocycles. The third-order valence-electron chi connectivity index (χ3n) is 4.61. The molecule has 0 saturated heterocycles. The Kier molecular flexibility index (Phi) is 5.02. The zero-order valence-electron chi connectivity index (χ0n) is 15.5. The summed E-state index contributed by atoms with van der Waals surface area (Å²) in [6, 6.07) is 14.6. The number of nitrogens with zero attached hydrogens (tertiary/aromatic N) is 5. The zero-order valence-corrected chi connectivity index (χ0v) is 16.3. The number of methoxy groups -OCH3 is 1. The molecule has 0 saturated carbocycles. The van der Waals surface area contributed by atoms with Crippen LogP contribution in [0.15, 0.2) is 59.7 Å². The minimum absolute atomic E-state index is 0.0754. The molecule has 0 spiro atoms. The number of aromatic nitrogens is 4. The lowest BCUT2D eigenvalue weighted by atomic mass is 10.2. The molecule has 0 aliphatic rings. The molecule has 4 aromatic rings. The van der Waals surface area contributed by atoms with Crippen molar-refractivity contribution in [2.75, 3.05) is 7.11 Å². The Bertz CT molecular complexity index is 1270. The van der Waals surface area contributed by atoms with E-state index in [0.717, 1.165) is 16.9 Å². The van der Waals surface area contributed by atoms with Crippen molar-refractivity contribution in [3.05, 3.63) is 93.0 Å². The Hall–Kier alpha value is -3.63. The fourth-order valence-corrected chi connectivity index (χ4v) is 3.29. The second kappa shape index (κ2) is 7.78. The summed E-state index contributed by atoms with van der Waals surface area (Å²) in [5.41, 5.74) is 2.83. The molecule has 7 nitrogen and oxygen atoms in total. The van der Waals surface area contributed by atoms with Crippen LogP contribution in [-0.2, 0) is 13.1 Å². The normalized spacial score (nSPS) is 10.8. The predicted molar refractivity (Wildman–Crippen MR) is 111 cm³/mol. The van der Waals surface area contributed by atoms with Gasteiger partial charge in [0.05, 0.1) is 26.6 Å². The van der Waals surface area contributed by atoms with E-state index in [1.165, 1.54) is 4.57 Å². The van der Waals surface area contributed by atoms with Gasteiger partial charge in [-0.3, -0.25) is 9.36 Å². The van der Waals surface area contributed by atoms with Gasteiger partial charge in [0.1, 0.15) is 5.75 Å². The van der Waals surface area contributed by atoms with Gasteiger partial charge >= 0.3 is 0 Å². The van der Waals surface area contributed by atoms with Crippen molar-refractivity contribution in [2.45, 2.75) is 13.1 Å². The minimum atomic E-state index is -0.264. The highest BCUT2D eigenvalue weighted by atomic mass is 35.5. The van der Waals surface area contributed by atoms with Crippen LogP contribution in [0.25, 0.3) is 16.0 Å². The number of benzene rings is 2. The van der Waals surface area contributed by atoms with Gasteiger partial charge in [-0.2, -0.15) is 4.98 Å². The fraction of sp³-hybridized carbons (Fsp3) is 0.143. The summed E-state index contributed by atoms with van der Waals surface area (Å²) in [5, 5.41) is 0.0754. The SMILES string of the molecule is [C-]#[N+]c1ccc(Cn2c(Cl)nc3ncn(Cc4ccc(OC)cc4)c3c2=O)cc1. The molecular formula is C21H16ClN5O2. The average Bonchev–Trinajstić information content (AvgIpc) is 3.14. The van der Waals surface area contributed by atoms with E-state index in [2.05, 4.69) is 14.8 Å². The number of hydrogen-bond donors (Lipinski definition) is 0. The maximum atomic E-state index is 13.2. The first-order valence-electron chi connectivity index (χ1n) is 8.79. The van der Waals surface area contributed by atoms with Crippen molar-refractivity contribution in [2.24, 2.45) is 0 Å².